The molecule has 0 radical (unpaired) electrons. The first-order valence-electron chi connectivity index (χ1n) is 15.8. The molecule has 260 valence electrons. The molecule has 13 heteroatoms. The number of halogens is 3. The Balaban J connectivity index is 0.000000246. The molecule has 0 amide bonds. The zero-order valence-corrected chi connectivity index (χ0v) is 28.6. The Kier molecular flexibility index (Phi) is 12.3. The van der Waals surface area contributed by atoms with Crippen LogP contribution in [0.1, 0.15) is 48.4 Å². The van der Waals surface area contributed by atoms with Gasteiger partial charge in [0.05, 0.1) is 5.56 Å². The maximum absolute atomic E-state index is 13.0. The first-order chi connectivity index (χ1) is 22.6. The van der Waals surface area contributed by atoms with E-state index in [9.17, 15) is 30.0 Å². The molecule has 1 aliphatic rings. The number of benzene rings is 4. The fourth-order valence-corrected chi connectivity index (χ4v) is 7.23. The van der Waals surface area contributed by atoms with Crippen molar-refractivity contribution in [3.63, 3.8) is 0 Å². The van der Waals surface area contributed by atoms with Gasteiger partial charge in [-0.25, -0.2) is 0 Å². The average Bonchev–Trinajstić information content (AvgIpc) is 3.04. The van der Waals surface area contributed by atoms with Gasteiger partial charge in [-0.15, -0.1) is 0 Å². The maximum Gasteiger partial charge on any atom is 0.416 e. The zero-order valence-electron chi connectivity index (χ0n) is 26.9. The van der Waals surface area contributed by atoms with Crippen molar-refractivity contribution in [3.05, 3.63) is 101 Å². The van der Waals surface area contributed by atoms with Crippen LogP contribution in [0.2, 0.25) is 0 Å². The number of anilines is 1. The molecule has 1 saturated heterocycles. The quantitative estimate of drug-likeness (QED) is 0.129. The van der Waals surface area contributed by atoms with Crippen molar-refractivity contribution in [2.75, 3.05) is 37.6 Å². The normalized spacial score (nSPS) is 14.5. The summed E-state index contributed by atoms with van der Waals surface area (Å²) in [5.74, 6) is 0. The summed E-state index contributed by atoms with van der Waals surface area (Å²) in [4.78, 5) is 3.65. The molecular weight excluding hydrogens is 666 g/mol. The van der Waals surface area contributed by atoms with E-state index in [-0.39, 0.29) is 10.8 Å². The molecule has 0 aromatic heterocycles. The lowest BCUT2D eigenvalue weighted by Crippen LogP contribution is -2.47. The van der Waals surface area contributed by atoms with Crippen molar-refractivity contribution in [1.82, 2.24) is 4.90 Å². The van der Waals surface area contributed by atoms with Gasteiger partial charge in [-0.05, 0) is 73.2 Å². The van der Waals surface area contributed by atoms with Crippen LogP contribution in [-0.2, 0) is 39.3 Å². The lowest BCUT2D eigenvalue weighted by atomic mass is 9.98. The summed E-state index contributed by atoms with van der Waals surface area (Å²) in [7, 11) is -8.94. The maximum atomic E-state index is 13.0. The Morgan fingerprint density at radius 3 is 1.85 bits per heavy atom. The molecule has 1 heterocycles. The predicted octanol–water partition coefficient (Wildman–Crippen LogP) is 7.44. The van der Waals surface area contributed by atoms with E-state index in [0.717, 1.165) is 63.8 Å². The molecule has 1 aliphatic heterocycles. The van der Waals surface area contributed by atoms with E-state index < -0.39 is 41.8 Å². The molecule has 5 rings (SSSR count). The molecule has 4 aromatic rings. The SMILES string of the molecule is CCCCCc1cc(CCN2CCN(c3cccc(C(F)(F)F)c3)CC2)ccc1C.O=S(=O)(O)c1cccc2c(S(=O)(=O)O)cccc12. The number of aryl methyl sites for hydroxylation is 2. The summed E-state index contributed by atoms with van der Waals surface area (Å²) in [6.07, 6.45) is 1.65. The number of fused-ring (bicyclic) bond motifs is 1. The molecule has 2 N–H and O–H groups in total. The van der Waals surface area contributed by atoms with Crippen molar-refractivity contribution in [2.45, 2.75) is 61.9 Å². The van der Waals surface area contributed by atoms with Crippen LogP contribution in [0.15, 0.2) is 88.7 Å². The van der Waals surface area contributed by atoms with E-state index in [1.807, 2.05) is 0 Å². The van der Waals surface area contributed by atoms with Crippen LogP contribution in [0.5, 0.6) is 0 Å². The largest absolute Gasteiger partial charge is 0.416 e. The number of nitrogens with zero attached hydrogens (tertiary/aromatic N) is 2. The zero-order chi connectivity index (χ0) is 35.1. The van der Waals surface area contributed by atoms with Gasteiger partial charge in [0.25, 0.3) is 20.2 Å². The van der Waals surface area contributed by atoms with E-state index in [1.54, 1.807) is 6.07 Å². The highest BCUT2D eigenvalue weighted by atomic mass is 32.2. The van der Waals surface area contributed by atoms with Crippen LogP contribution in [0.25, 0.3) is 10.8 Å². The number of hydrogen-bond donors (Lipinski definition) is 2. The van der Waals surface area contributed by atoms with E-state index in [4.69, 9.17) is 9.11 Å². The summed E-state index contributed by atoms with van der Waals surface area (Å²) in [5, 5.41) is 0.0465. The first-order valence-corrected chi connectivity index (χ1v) is 18.7. The van der Waals surface area contributed by atoms with E-state index in [2.05, 4.69) is 41.8 Å². The summed E-state index contributed by atoms with van der Waals surface area (Å²) in [5.41, 5.74) is 4.32. The minimum atomic E-state index is -4.47. The second-order valence-corrected chi connectivity index (χ2v) is 14.7. The molecule has 4 aromatic carbocycles. The van der Waals surface area contributed by atoms with Crippen molar-refractivity contribution >= 4 is 36.7 Å². The van der Waals surface area contributed by atoms with Crippen LogP contribution in [0, 0.1) is 6.92 Å². The van der Waals surface area contributed by atoms with Gasteiger partial charge >= 0.3 is 6.18 Å². The number of unbranched alkanes of at least 4 members (excludes halogenated alkanes) is 2. The minimum absolute atomic E-state index is 0.0233. The third kappa shape index (κ3) is 10.0. The van der Waals surface area contributed by atoms with Crippen LogP contribution < -0.4 is 4.90 Å². The lowest BCUT2D eigenvalue weighted by Gasteiger charge is -2.36. The highest BCUT2D eigenvalue weighted by Crippen LogP contribution is 2.32. The Bertz CT molecular complexity index is 1850. The van der Waals surface area contributed by atoms with Crippen molar-refractivity contribution in [3.8, 4) is 0 Å². The van der Waals surface area contributed by atoms with Gasteiger partial charge in [-0.3, -0.25) is 14.0 Å². The molecule has 0 aliphatic carbocycles. The summed E-state index contributed by atoms with van der Waals surface area (Å²) >= 11 is 0. The smallest absolute Gasteiger partial charge is 0.369 e. The molecule has 0 unspecified atom stereocenters. The van der Waals surface area contributed by atoms with Crippen molar-refractivity contribution < 1.29 is 39.1 Å². The number of hydrogen-bond acceptors (Lipinski definition) is 6. The highest BCUT2D eigenvalue weighted by molar-refractivity contribution is 7.86. The summed E-state index contributed by atoms with van der Waals surface area (Å²) < 4.78 is 102. The molecule has 0 saturated carbocycles. The van der Waals surface area contributed by atoms with Gasteiger partial charge in [0.15, 0.2) is 0 Å². The van der Waals surface area contributed by atoms with Gasteiger partial charge in [0.1, 0.15) is 9.79 Å². The second-order valence-electron chi connectivity index (χ2n) is 11.9. The van der Waals surface area contributed by atoms with Crippen molar-refractivity contribution in [1.29, 1.82) is 0 Å². The minimum Gasteiger partial charge on any atom is -0.369 e. The van der Waals surface area contributed by atoms with E-state index in [1.165, 1.54) is 72.4 Å². The van der Waals surface area contributed by atoms with Gasteiger partial charge in [0.2, 0.25) is 0 Å². The lowest BCUT2D eigenvalue weighted by molar-refractivity contribution is -0.137. The molecule has 48 heavy (non-hydrogen) atoms. The molecule has 1 fully saturated rings. The van der Waals surface area contributed by atoms with Crippen LogP contribution in [0.4, 0.5) is 18.9 Å². The first kappa shape index (κ1) is 37.3. The van der Waals surface area contributed by atoms with E-state index >= 15 is 0 Å². The standard InChI is InChI=1S/C25H33F3N2.C10H8O6S2/c1-3-4-5-7-22-18-21(11-10-20(22)2)12-13-29-14-16-30(17-15-29)24-9-6-8-23(19-24)25(26,27)28;11-17(12,13)9-5-1-3-7-8(9)4-2-6-10(7)18(14,15)16/h6,8-11,18-19H,3-5,7,12-17H2,1-2H3;1-6H,(H,11,12,13)(H,14,15,16). The molecule has 0 spiro atoms. The van der Waals surface area contributed by atoms with E-state index in [0.29, 0.717) is 5.69 Å². The topological polar surface area (TPSA) is 115 Å². The average molecular weight is 707 g/mol. The molecule has 0 atom stereocenters. The predicted molar refractivity (Wildman–Crippen MR) is 182 cm³/mol. The highest BCUT2D eigenvalue weighted by Gasteiger charge is 2.31. The van der Waals surface area contributed by atoms with Gasteiger partial charge in [-0.1, -0.05) is 68.3 Å². The van der Waals surface area contributed by atoms with Gasteiger partial charge in [-0.2, -0.15) is 30.0 Å². The number of alkyl halides is 3. The second kappa shape index (κ2) is 15.8. The van der Waals surface area contributed by atoms with Gasteiger partial charge < -0.3 is 4.90 Å². The summed E-state index contributed by atoms with van der Waals surface area (Å²) in [6.45, 7) is 8.70. The van der Waals surface area contributed by atoms with Crippen LogP contribution in [-0.4, -0.2) is 63.6 Å². The number of piperazine rings is 1. The Morgan fingerprint density at radius 1 is 0.729 bits per heavy atom. The third-order valence-corrected chi connectivity index (χ3v) is 10.3. The molecule has 0 bridgehead atoms. The Morgan fingerprint density at radius 2 is 1.31 bits per heavy atom. The molecule has 8 nitrogen and oxygen atoms in total. The monoisotopic (exact) mass is 706 g/mol. The number of rotatable bonds is 10. The van der Waals surface area contributed by atoms with Crippen molar-refractivity contribution in [2.24, 2.45) is 0 Å². The van der Waals surface area contributed by atoms with Crippen LogP contribution >= 0.6 is 0 Å². The molecular formula is C35H41F3N2O6S2. The Labute approximate surface area is 280 Å². The van der Waals surface area contributed by atoms with Gasteiger partial charge in [0, 0.05) is 49.2 Å². The fourth-order valence-electron chi connectivity index (χ4n) is 5.81. The summed E-state index contributed by atoms with van der Waals surface area (Å²) in [6, 6.07) is 20.0. The fraction of sp³-hybridized carbons (Fsp3) is 0.371. The van der Waals surface area contributed by atoms with Crippen LogP contribution in [0.3, 0.4) is 0 Å². The Hall–Kier alpha value is -3.49. The third-order valence-electron chi connectivity index (χ3n) is 8.49.